The van der Waals surface area contributed by atoms with Crippen LogP contribution >= 0.6 is 0 Å². The smallest absolute Gasteiger partial charge is 0.323 e. The van der Waals surface area contributed by atoms with Crippen molar-refractivity contribution in [3.63, 3.8) is 0 Å². The molecule has 0 aromatic rings. The molecule has 0 bridgehead atoms. The maximum atomic E-state index is 11.7. The van der Waals surface area contributed by atoms with Gasteiger partial charge in [-0.1, -0.05) is 0 Å². The van der Waals surface area contributed by atoms with Crippen molar-refractivity contribution in [2.45, 2.75) is 69.6 Å². The van der Waals surface area contributed by atoms with Crippen molar-refractivity contribution in [3.8, 4) is 0 Å². The van der Waals surface area contributed by atoms with Crippen LogP contribution in [-0.2, 0) is 4.79 Å². The minimum absolute atomic E-state index is 0.214. The molecule has 2 unspecified atom stereocenters. The first-order valence-electron chi connectivity index (χ1n) is 8.49. The van der Waals surface area contributed by atoms with Crippen LogP contribution in [0.4, 0.5) is 0 Å². The van der Waals surface area contributed by atoms with E-state index in [4.69, 9.17) is 0 Å². The number of nitrogens with one attached hydrogen (secondary N) is 1. The van der Waals surface area contributed by atoms with E-state index in [1.54, 1.807) is 0 Å². The summed E-state index contributed by atoms with van der Waals surface area (Å²) in [5.41, 5.74) is -0.702. The van der Waals surface area contributed by atoms with Crippen molar-refractivity contribution in [2.75, 3.05) is 26.2 Å². The molecule has 2 saturated carbocycles. The second-order valence-corrected chi connectivity index (χ2v) is 7.39. The summed E-state index contributed by atoms with van der Waals surface area (Å²) in [6.07, 6.45) is 5.28. The van der Waals surface area contributed by atoms with Crippen molar-refractivity contribution in [3.05, 3.63) is 0 Å². The van der Waals surface area contributed by atoms with Crippen LogP contribution in [-0.4, -0.2) is 70.7 Å². The number of hydrogen-bond donors (Lipinski definition) is 2. The third kappa shape index (κ3) is 3.25. The normalized spacial score (nSPS) is 35.5. The Morgan fingerprint density at radius 3 is 2.14 bits per heavy atom. The van der Waals surface area contributed by atoms with Crippen molar-refractivity contribution in [2.24, 2.45) is 0 Å². The number of carboxylic acid groups (broad SMARTS) is 1. The van der Waals surface area contributed by atoms with Crippen LogP contribution in [0.5, 0.6) is 0 Å². The summed E-state index contributed by atoms with van der Waals surface area (Å²) in [6, 6.07) is 1.51. The summed E-state index contributed by atoms with van der Waals surface area (Å²) in [5.74, 6) is -0.671. The van der Waals surface area contributed by atoms with Gasteiger partial charge in [-0.05, 0) is 46.0 Å². The van der Waals surface area contributed by atoms with Gasteiger partial charge in [0.2, 0.25) is 0 Å². The number of piperazine rings is 1. The van der Waals surface area contributed by atoms with Gasteiger partial charge in [-0.2, -0.15) is 0 Å². The van der Waals surface area contributed by atoms with Gasteiger partial charge < -0.3 is 5.11 Å². The zero-order chi connectivity index (χ0) is 15.0. The van der Waals surface area contributed by atoms with E-state index in [1.807, 2.05) is 13.8 Å². The SMILES string of the molecule is CC(C)NC1(C(=O)O)CCC(N2CCN(C3CC3)CC2)C1. The van der Waals surface area contributed by atoms with E-state index in [9.17, 15) is 9.90 Å². The number of hydrogen-bond acceptors (Lipinski definition) is 4. The molecular formula is C16H29N3O2. The first-order chi connectivity index (χ1) is 10.00. The maximum absolute atomic E-state index is 11.7. The van der Waals surface area contributed by atoms with Crippen LogP contribution in [0.25, 0.3) is 0 Å². The molecule has 1 saturated heterocycles. The lowest BCUT2D eigenvalue weighted by molar-refractivity contribution is -0.145. The molecule has 2 atom stereocenters. The predicted octanol–water partition coefficient (Wildman–Crippen LogP) is 1.14. The Balaban J connectivity index is 1.56. The van der Waals surface area contributed by atoms with Crippen molar-refractivity contribution >= 4 is 5.97 Å². The highest BCUT2D eigenvalue weighted by Crippen LogP contribution is 2.35. The first-order valence-corrected chi connectivity index (χ1v) is 8.49. The Bertz CT molecular complexity index is 389. The molecular weight excluding hydrogens is 266 g/mol. The van der Waals surface area contributed by atoms with Crippen molar-refractivity contribution in [1.82, 2.24) is 15.1 Å². The van der Waals surface area contributed by atoms with Crippen molar-refractivity contribution in [1.29, 1.82) is 0 Å². The van der Waals surface area contributed by atoms with Gasteiger partial charge in [0.1, 0.15) is 5.54 Å². The lowest BCUT2D eigenvalue weighted by Gasteiger charge is -2.39. The molecule has 2 N–H and O–H groups in total. The average Bonchev–Trinajstić information content (AvgIpc) is 3.20. The minimum atomic E-state index is -0.702. The molecule has 0 radical (unpaired) electrons. The zero-order valence-corrected chi connectivity index (χ0v) is 13.3. The second-order valence-electron chi connectivity index (χ2n) is 7.39. The van der Waals surface area contributed by atoms with E-state index in [0.717, 1.165) is 38.4 Å². The topological polar surface area (TPSA) is 55.8 Å². The maximum Gasteiger partial charge on any atom is 0.323 e. The highest BCUT2D eigenvalue weighted by molar-refractivity contribution is 5.79. The van der Waals surface area contributed by atoms with Gasteiger partial charge in [0.05, 0.1) is 0 Å². The number of rotatable bonds is 5. The largest absolute Gasteiger partial charge is 0.480 e. The fraction of sp³-hybridized carbons (Fsp3) is 0.938. The summed E-state index contributed by atoms with van der Waals surface area (Å²) in [4.78, 5) is 16.9. The predicted molar refractivity (Wildman–Crippen MR) is 82.4 cm³/mol. The molecule has 0 spiro atoms. The summed E-state index contributed by atoms with van der Waals surface area (Å²) >= 11 is 0. The van der Waals surface area contributed by atoms with Crippen LogP contribution in [0, 0.1) is 0 Å². The molecule has 120 valence electrons. The van der Waals surface area contributed by atoms with Crippen LogP contribution in [0.1, 0.15) is 46.0 Å². The molecule has 2 aliphatic carbocycles. The van der Waals surface area contributed by atoms with Crippen molar-refractivity contribution < 1.29 is 9.90 Å². The summed E-state index contributed by atoms with van der Waals surface area (Å²) in [7, 11) is 0. The highest BCUT2D eigenvalue weighted by atomic mass is 16.4. The number of nitrogens with zero attached hydrogens (tertiary/aromatic N) is 2. The van der Waals surface area contributed by atoms with Gasteiger partial charge in [-0.3, -0.25) is 19.9 Å². The van der Waals surface area contributed by atoms with E-state index in [-0.39, 0.29) is 6.04 Å². The molecule has 0 aromatic heterocycles. The Morgan fingerprint density at radius 1 is 1.10 bits per heavy atom. The molecule has 21 heavy (non-hydrogen) atoms. The number of aliphatic carboxylic acids is 1. The van der Waals surface area contributed by atoms with Gasteiger partial charge in [0.25, 0.3) is 0 Å². The Labute approximate surface area is 127 Å². The fourth-order valence-corrected chi connectivity index (χ4v) is 4.18. The van der Waals surface area contributed by atoms with Gasteiger partial charge in [-0.15, -0.1) is 0 Å². The Morgan fingerprint density at radius 2 is 1.67 bits per heavy atom. The molecule has 3 fully saturated rings. The number of carboxylic acids is 1. The summed E-state index contributed by atoms with van der Waals surface area (Å²) in [6.45, 7) is 8.62. The van der Waals surface area contributed by atoms with Crippen LogP contribution in [0.3, 0.4) is 0 Å². The summed E-state index contributed by atoms with van der Waals surface area (Å²) < 4.78 is 0. The molecule has 5 heteroatoms. The highest BCUT2D eigenvalue weighted by Gasteiger charge is 2.47. The number of carbonyl (C=O) groups is 1. The zero-order valence-electron chi connectivity index (χ0n) is 13.3. The van der Waals surface area contributed by atoms with E-state index in [1.165, 1.54) is 25.9 Å². The third-order valence-corrected chi connectivity index (χ3v) is 5.39. The lowest BCUT2D eigenvalue weighted by atomic mass is 9.96. The van der Waals surface area contributed by atoms with Gasteiger partial charge >= 0.3 is 5.97 Å². The van der Waals surface area contributed by atoms with E-state index >= 15 is 0 Å². The molecule has 1 heterocycles. The van der Waals surface area contributed by atoms with Gasteiger partial charge in [-0.25, -0.2) is 0 Å². The molecule has 3 rings (SSSR count). The van der Waals surface area contributed by atoms with E-state index in [0.29, 0.717) is 6.04 Å². The second kappa shape index (κ2) is 5.86. The monoisotopic (exact) mass is 295 g/mol. The van der Waals surface area contributed by atoms with Crippen LogP contribution < -0.4 is 5.32 Å². The average molecular weight is 295 g/mol. The molecule has 5 nitrogen and oxygen atoms in total. The standard InChI is InChI=1S/C16H29N3O2/c1-12(2)17-16(15(20)21)6-5-14(11-16)19-9-7-18(8-10-19)13-3-4-13/h12-14,17H,3-11H2,1-2H3,(H,20,21). The third-order valence-electron chi connectivity index (χ3n) is 5.39. The molecule has 0 amide bonds. The minimum Gasteiger partial charge on any atom is -0.480 e. The van der Waals surface area contributed by atoms with E-state index in [2.05, 4.69) is 15.1 Å². The van der Waals surface area contributed by atoms with Gasteiger partial charge in [0.15, 0.2) is 0 Å². The summed E-state index contributed by atoms with van der Waals surface area (Å²) in [5, 5.41) is 13.0. The van der Waals surface area contributed by atoms with Crippen LogP contribution in [0.15, 0.2) is 0 Å². The fourth-order valence-electron chi connectivity index (χ4n) is 4.18. The first kappa shape index (κ1) is 15.3. The molecule has 1 aliphatic heterocycles. The lowest BCUT2D eigenvalue weighted by Crippen LogP contribution is -2.55. The molecule has 0 aromatic carbocycles. The van der Waals surface area contributed by atoms with Gasteiger partial charge in [0, 0.05) is 44.3 Å². The van der Waals surface area contributed by atoms with Crippen LogP contribution in [0.2, 0.25) is 0 Å². The molecule has 3 aliphatic rings. The quantitative estimate of drug-likeness (QED) is 0.796. The Kier molecular flexibility index (Phi) is 4.26. The Hall–Kier alpha value is -0.650. The van der Waals surface area contributed by atoms with E-state index < -0.39 is 11.5 Å².